The highest BCUT2D eigenvalue weighted by Crippen LogP contribution is 2.32. The minimum atomic E-state index is -0.172. The highest BCUT2D eigenvalue weighted by atomic mass is 16.6. The van der Waals surface area contributed by atoms with Crippen LogP contribution < -0.4 is 14.8 Å². The fourth-order valence-corrected chi connectivity index (χ4v) is 3.62. The summed E-state index contributed by atoms with van der Waals surface area (Å²) in [5.41, 5.74) is 4.33. The number of nitrogens with zero attached hydrogens (tertiary/aromatic N) is 2. The third kappa shape index (κ3) is 3.97. The Hall–Kier alpha value is -3.28. The summed E-state index contributed by atoms with van der Waals surface area (Å²) in [6, 6.07) is 15.7. The van der Waals surface area contributed by atoms with E-state index >= 15 is 0 Å². The molecule has 0 saturated carbocycles. The first-order valence-corrected chi connectivity index (χ1v) is 9.81. The molecule has 1 aliphatic heterocycles. The summed E-state index contributed by atoms with van der Waals surface area (Å²) in [5.74, 6) is 1.34. The number of benzene rings is 2. The van der Waals surface area contributed by atoms with Gasteiger partial charge in [0.05, 0.1) is 23.8 Å². The van der Waals surface area contributed by atoms with E-state index in [0.717, 1.165) is 34.0 Å². The molecule has 1 amide bonds. The van der Waals surface area contributed by atoms with E-state index in [-0.39, 0.29) is 11.9 Å². The van der Waals surface area contributed by atoms with Crippen molar-refractivity contribution in [2.24, 2.45) is 0 Å². The molecule has 0 fully saturated rings. The summed E-state index contributed by atoms with van der Waals surface area (Å²) < 4.78 is 13.1. The lowest BCUT2D eigenvalue weighted by molar-refractivity contribution is 0.0938. The van der Waals surface area contributed by atoms with Crippen LogP contribution in [0.4, 0.5) is 0 Å². The van der Waals surface area contributed by atoms with E-state index < -0.39 is 0 Å². The number of amides is 1. The van der Waals surface area contributed by atoms with Crippen LogP contribution in [0, 0.1) is 13.8 Å². The zero-order valence-corrected chi connectivity index (χ0v) is 16.9. The van der Waals surface area contributed by atoms with Crippen molar-refractivity contribution in [1.29, 1.82) is 0 Å². The molecular weight excluding hydrogens is 366 g/mol. The topological polar surface area (TPSA) is 65.4 Å². The summed E-state index contributed by atoms with van der Waals surface area (Å²) in [5, 5.41) is 7.67. The molecule has 0 unspecified atom stereocenters. The van der Waals surface area contributed by atoms with Crippen LogP contribution in [0.5, 0.6) is 11.5 Å². The molecule has 0 radical (unpaired) electrons. The van der Waals surface area contributed by atoms with Crippen molar-refractivity contribution >= 4 is 5.91 Å². The van der Waals surface area contributed by atoms with Crippen molar-refractivity contribution < 1.29 is 14.3 Å². The first kappa shape index (κ1) is 19.1. The van der Waals surface area contributed by atoms with Gasteiger partial charge in [-0.3, -0.25) is 9.48 Å². The predicted octanol–water partition coefficient (Wildman–Crippen LogP) is 3.81. The van der Waals surface area contributed by atoms with Crippen molar-refractivity contribution in [2.45, 2.75) is 33.4 Å². The number of nitrogens with one attached hydrogen (secondary N) is 1. The summed E-state index contributed by atoms with van der Waals surface area (Å²) in [6.07, 6.45) is 0. The minimum Gasteiger partial charge on any atom is -0.486 e. The van der Waals surface area contributed by atoms with Gasteiger partial charge in [-0.2, -0.15) is 5.10 Å². The lowest BCUT2D eigenvalue weighted by Gasteiger charge is -2.21. The van der Waals surface area contributed by atoms with Gasteiger partial charge < -0.3 is 14.8 Å². The maximum atomic E-state index is 13.0. The van der Waals surface area contributed by atoms with Gasteiger partial charge in [-0.05, 0) is 44.0 Å². The second-order valence-electron chi connectivity index (χ2n) is 7.29. The predicted molar refractivity (Wildman–Crippen MR) is 111 cm³/mol. The lowest BCUT2D eigenvalue weighted by Crippen LogP contribution is -2.28. The fraction of sp³-hybridized carbons (Fsp3) is 0.304. The van der Waals surface area contributed by atoms with Crippen LogP contribution in [0.25, 0.3) is 0 Å². The van der Waals surface area contributed by atoms with Crippen molar-refractivity contribution in [3.8, 4) is 11.5 Å². The molecule has 6 heteroatoms. The average Bonchev–Trinajstić information content (AvgIpc) is 3.01. The molecule has 3 aromatic rings. The third-order valence-electron chi connectivity index (χ3n) is 5.20. The number of hydrogen-bond donors (Lipinski definition) is 1. The zero-order valence-electron chi connectivity index (χ0n) is 16.9. The first-order chi connectivity index (χ1) is 14.0. The normalized spacial score (nSPS) is 13.8. The van der Waals surface area contributed by atoms with Crippen molar-refractivity contribution in [2.75, 3.05) is 13.2 Å². The first-order valence-electron chi connectivity index (χ1n) is 9.81. The molecule has 2 heterocycles. The summed E-state index contributed by atoms with van der Waals surface area (Å²) >= 11 is 0. The number of aryl methyl sites for hydroxylation is 1. The molecule has 0 spiro atoms. The molecule has 29 heavy (non-hydrogen) atoms. The van der Waals surface area contributed by atoms with Gasteiger partial charge in [-0.1, -0.05) is 36.4 Å². The van der Waals surface area contributed by atoms with Gasteiger partial charge in [0.25, 0.3) is 5.91 Å². The van der Waals surface area contributed by atoms with E-state index in [0.29, 0.717) is 25.3 Å². The van der Waals surface area contributed by atoms with Crippen LogP contribution in [0.2, 0.25) is 0 Å². The molecule has 6 nitrogen and oxygen atoms in total. The van der Waals surface area contributed by atoms with Crippen molar-refractivity contribution in [3.05, 3.63) is 76.6 Å². The van der Waals surface area contributed by atoms with Crippen molar-refractivity contribution in [3.63, 3.8) is 0 Å². The van der Waals surface area contributed by atoms with E-state index in [1.807, 2.05) is 61.9 Å². The second kappa shape index (κ2) is 7.99. The highest BCUT2D eigenvalue weighted by Gasteiger charge is 2.21. The van der Waals surface area contributed by atoms with Crippen LogP contribution in [0.15, 0.2) is 48.5 Å². The van der Waals surface area contributed by atoms with Gasteiger partial charge in [0.2, 0.25) is 0 Å². The molecule has 0 bridgehead atoms. The molecule has 1 aliphatic rings. The second-order valence-corrected chi connectivity index (χ2v) is 7.29. The average molecular weight is 391 g/mol. The highest BCUT2D eigenvalue weighted by molar-refractivity contribution is 5.96. The summed E-state index contributed by atoms with van der Waals surface area (Å²) in [7, 11) is 0. The monoisotopic (exact) mass is 391 g/mol. The Kier molecular flexibility index (Phi) is 5.25. The van der Waals surface area contributed by atoms with E-state index in [2.05, 4.69) is 22.5 Å². The molecular formula is C23H25N3O3. The molecule has 1 N–H and O–H groups in total. The van der Waals surface area contributed by atoms with Crippen molar-refractivity contribution in [1.82, 2.24) is 15.1 Å². The number of carbonyl (C=O) groups excluding carboxylic acids is 1. The van der Waals surface area contributed by atoms with Gasteiger partial charge in [-0.25, -0.2) is 0 Å². The van der Waals surface area contributed by atoms with Gasteiger partial charge in [0.1, 0.15) is 13.2 Å². The smallest absolute Gasteiger partial charge is 0.255 e. The Morgan fingerprint density at radius 1 is 1.10 bits per heavy atom. The van der Waals surface area contributed by atoms with Crippen LogP contribution in [-0.4, -0.2) is 28.9 Å². The van der Waals surface area contributed by atoms with E-state index in [1.54, 1.807) is 0 Å². The SMILES string of the molecule is Cc1nn(Cc2ccccc2)c(C)c1C(=O)N[C@H](C)c1ccc2c(c1)OCCO2. The number of hydrogen-bond acceptors (Lipinski definition) is 4. The number of fused-ring (bicyclic) bond motifs is 1. The maximum absolute atomic E-state index is 13.0. The van der Waals surface area contributed by atoms with Crippen LogP contribution >= 0.6 is 0 Å². The fourth-order valence-electron chi connectivity index (χ4n) is 3.62. The standard InChI is InChI=1S/C23H25N3O3/c1-15(19-9-10-20-21(13-19)29-12-11-28-20)24-23(27)22-16(2)25-26(17(22)3)14-18-7-5-4-6-8-18/h4-10,13,15H,11-12,14H2,1-3H3,(H,24,27)/t15-/m1/s1. The van der Waals surface area contributed by atoms with Gasteiger partial charge in [0, 0.05) is 5.69 Å². The van der Waals surface area contributed by atoms with Gasteiger partial charge in [-0.15, -0.1) is 0 Å². The number of ether oxygens (including phenoxy) is 2. The Morgan fingerprint density at radius 3 is 2.59 bits per heavy atom. The molecule has 2 aromatic carbocycles. The number of aromatic nitrogens is 2. The number of carbonyl (C=O) groups is 1. The quantitative estimate of drug-likeness (QED) is 0.718. The summed E-state index contributed by atoms with van der Waals surface area (Å²) in [6.45, 7) is 7.51. The van der Waals surface area contributed by atoms with Gasteiger partial charge in [0.15, 0.2) is 11.5 Å². The Labute approximate surface area is 170 Å². The zero-order chi connectivity index (χ0) is 20.4. The lowest BCUT2D eigenvalue weighted by atomic mass is 10.1. The summed E-state index contributed by atoms with van der Waals surface area (Å²) in [4.78, 5) is 13.0. The Bertz CT molecular complexity index is 1030. The minimum absolute atomic E-state index is 0.123. The molecule has 1 aromatic heterocycles. The Balaban J connectivity index is 1.51. The molecule has 150 valence electrons. The third-order valence-corrected chi connectivity index (χ3v) is 5.20. The largest absolute Gasteiger partial charge is 0.486 e. The van der Waals surface area contributed by atoms with Crippen LogP contribution in [0.1, 0.15) is 45.8 Å². The molecule has 0 aliphatic carbocycles. The van der Waals surface area contributed by atoms with E-state index in [4.69, 9.17) is 9.47 Å². The Morgan fingerprint density at radius 2 is 1.83 bits per heavy atom. The van der Waals surface area contributed by atoms with Gasteiger partial charge >= 0.3 is 0 Å². The van der Waals surface area contributed by atoms with Crippen LogP contribution in [0.3, 0.4) is 0 Å². The van der Waals surface area contributed by atoms with Crippen LogP contribution in [-0.2, 0) is 6.54 Å². The maximum Gasteiger partial charge on any atom is 0.255 e. The molecule has 4 rings (SSSR count). The van der Waals surface area contributed by atoms with E-state index in [9.17, 15) is 4.79 Å². The number of rotatable bonds is 5. The van der Waals surface area contributed by atoms with E-state index in [1.165, 1.54) is 0 Å². The molecule has 0 saturated heterocycles. The molecule has 1 atom stereocenters.